The Bertz CT molecular complexity index is 1280. The number of aromatic nitrogens is 3. The van der Waals surface area contributed by atoms with E-state index in [9.17, 15) is 18.7 Å². The summed E-state index contributed by atoms with van der Waals surface area (Å²) in [7, 11) is 0. The molecule has 1 N–H and O–H groups in total. The molecule has 0 spiro atoms. The van der Waals surface area contributed by atoms with Gasteiger partial charge in [0.15, 0.2) is 11.6 Å². The number of halogens is 3. The molecule has 1 aliphatic rings. The van der Waals surface area contributed by atoms with Gasteiger partial charge in [-0.05, 0) is 63.4 Å². The SMILES string of the molecule is Cc1c(Br)cccc1N(C(=O)OC(C)(C)C)c1nc(C(F)F)nc2cc(CN3CC[C@@H](O)C3)cnc12. The molecule has 1 fully saturated rings. The summed E-state index contributed by atoms with van der Waals surface area (Å²) in [4.78, 5) is 29.3. The second-order valence-corrected chi connectivity index (χ2v) is 10.6. The first kappa shape index (κ1) is 26.3. The van der Waals surface area contributed by atoms with Crippen molar-refractivity contribution in [1.29, 1.82) is 0 Å². The summed E-state index contributed by atoms with van der Waals surface area (Å²) in [5.41, 5.74) is 1.39. The maximum Gasteiger partial charge on any atom is 0.420 e. The van der Waals surface area contributed by atoms with Gasteiger partial charge < -0.3 is 9.84 Å². The van der Waals surface area contributed by atoms with Crippen LogP contribution in [0.25, 0.3) is 11.0 Å². The van der Waals surface area contributed by atoms with Crippen molar-refractivity contribution in [3.63, 3.8) is 0 Å². The van der Waals surface area contributed by atoms with Gasteiger partial charge in [0.25, 0.3) is 6.43 Å². The molecule has 0 saturated carbocycles. The summed E-state index contributed by atoms with van der Waals surface area (Å²) in [6.07, 6.45) is -1.83. The Hall–Kier alpha value is -2.76. The highest BCUT2D eigenvalue weighted by Crippen LogP contribution is 2.36. The number of rotatable bonds is 5. The Labute approximate surface area is 216 Å². The number of fused-ring (bicyclic) bond motifs is 1. The number of hydrogen-bond acceptors (Lipinski definition) is 7. The molecule has 192 valence electrons. The molecule has 1 amide bonds. The monoisotopic (exact) mass is 563 g/mol. The fraction of sp³-hybridized carbons (Fsp3) is 0.440. The van der Waals surface area contributed by atoms with Crippen molar-refractivity contribution in [2.24, 2.45) is 0 Å². The number of hydrogen-bond donors (Lipinski definition) is 1. The van der Waals surface area contributed by atoms with Crippen LogP contribution in [0, 0.1) is 6.92 Å². The van der Waals surface area contributed by atoms with Crippen molar-refractivity contribution in [2.45, 2.75) is 58.8 Å². The van der Waals surface area contributed by atoms with Crippen molar-refractivity contribution in [1.82, 2.24) is 19.9 Å². The second-order valence-electron chi connectivity index (χ2n) is 9.79. The second kappa shape index (κ2) is 10.3. The molecular weight excluding hydrogens is 536 g/mol. The summed E-state index contributed by atoms with van der Waals surface area (Å²) in [6.45, 7) is 8.71. The van der Waals surface area contributed by atoms with Crippen LogP contribution in [0.5, 0.6) is 0 Å². The Kier molecular flexibility index (Phi) is 7.53. The van der Waals surface area contributed by atoms with Crippen molar-refractivity contribution in [3.8, 4) is 0 Å². The van der Waals surface area contributed by atoms with Crippen LogP contribution in [0.15, 0.2) is 34.9 Å². The zero-order chi connectivity index (χ0) is 26.2. The van der Waals surface area contributed by atoms with Gasteiger partial charge in [0.05, 0.1) is 17.3 Å². The van der Waals surface area contributed by atoms with Crippen LogP contribution < -0.4 is 4.90 Å². The maximum absolute atomic E-state index is 13.9. The van der Waals surface area contributed by atoms with Crippen LogP contribution in [0.1, 0.15) is 50.6 Å². The number of alkyl halides is 2. The lowest BCUT2D eigenvalue weighted by Crippen LogP contribution is -2.35. The highest BCUT2D eigenvalue weighted by atomic mass is 79.9. The Morgan fingerprint density at radius 3 is 2.72 bits per heavy atom. The van der Waals surface area contributed by atoms with Gasteiger partial charge in [-0.2, -0.15) is 0 Å². The van der Waals surface area contributed by atoms with E-state index in [1.165, 1.54) is 4.90 Å². The van der Waals surface area contributed by atoms with E-state index in [0.717, 1.165) is 16.6 Å². The van der Waals surface area contributed by atoms with E-state index in [4.69, 9.17) is 4.74 Å². The number of benzene rings is 1. The molecule has 1 saturated heterocycles. The van der Waals surface area contributed by atoms with E-state index in [0.29, 0.717) is 30.8 Å². The molecule has 0 aliphatic carbocycles. The molecule has 1 aromatic carbocycles. The minimum Gasteiger partial charge on any atom is -0.443 e. The van der Waals surface area contributed by atoms with Crippen molar-refractivity contribution in [3.05, 3.63) is 51.9 Å². The predicted octanol–water partition coefficient (Wildman–Crippen LogP) is 5.67. The van der Waals surface area contributed by atoms with Crippen LogP contribution in [0.4, 0.5) is 25.1 Å². The average molecular weight is 564 g/mol. The zero-order valence-corrected chi connectivity index (χ0v) is 22.1. The molecule has 0 radical (unpaired) electrons. The first-order chi connectivity index (χ1) is 16.9. The smallest absolute Gasteiger partial charge is 0.420 e. The summed E-state index contributed by atoms with van der Waals surface area (Å²) in [5, 5.41) is 9.81. The van der Waals surface area contributed by atoms with Crippen LogP contribution in [-0.2, 0) is 11.3 Å². The number of carbonyl (C=O) groups excluding carboxylic acids is 1. The van der Waals surface area contributed by atoms with E-state index >= 15 is 0 Å². The molecule has 4 rings (SSSR count). The lowest BCUT2D eigenvalue weighted by Gasteiger charge is -2.28. The van der Waals surface area contributed by atoms with Crippen molar-refractivity contribution >= 4 is 44.6 Å². The fourth-order valence-corrected chi connectivity index (χ4v) is 4.42. The summed E-state index contributed by atoms with van der Waals surface area (Å²) < 4.78 is 34.2. The lowest BCUT2D eigenvalue weighted by atomic mass is 10.1. The first-order valence-corrected chi connectivity index (χ1v) is 12.4. The normalized spacial score (nSPS) is 16.6. The van der Waals surface area contributed by atoms with Crippen LogP contribution in [0.2, 0.25) is 0 Å². The van der Waals surface area contributed by atoms with E-state index in [1.54, 1.807) is 52.1 Å². The zero-order valence-electron chi connectivity index (χ0n) is 20.5. The number of ether oxygens (including phenoxy) is 1. The predicted molar refractivity (Wildman–Crippen MR) is 135 cm³/mol. The van der Waals surface area contributed by atoms with Crippen LogP contribution >= 0.6 is 15.9 Å². The molecular formula is C25H28BrF2N5O3. The number of amides is 1. The summed E-state index contributed by atoms with van der Waals surface area (Å²) in [6, 6.07) is 6.91. The Balaban J connectivity index is 1.88. The summed E-state index contributed by atoms with van der Waals surface area (Å²) in [5.74, 6) is -0.803. The third kappa shape index (κ3) is 5.79. The minimum absolute atomic E-state index is 0.0890. The van der Waals surface area contributed by atoms with E-state index < -0.39 is 23.9 Å². The molecule has 3 heterocycles. The quantitative estimate of drug-likeness (QED) is 0.427. The number of nitrogens with zero attached hydrogens (tertiary/aromatic N) is 5. The Morgan fingerprint density at radius 1 is 1.33 bits per heavy atom. The lowest BCUT2D eigenvalue weighted by molar-refractivity contribution is 0.0597. The largest absolute Gasteiger partial charge is 0.443 e. The fourth-order valence-electron chi connectivity index (χ4n) is 4.06. The highest BCUT2D eigenvalue weighted by molar-refractivity contribution is 9.10. The average Bonchev–Trinajstić information content (AvgIpc) is 3.19. The molecule has 8 nitrogen and oxygen atoms in total. The van der Waals surface area contributed by atoms with Gasteiger partial charge >= 0.3 is 6.09 Å². The van der Waals surface area contributed by atoms with Gasteiger partial charge in [0, 0.05) is 30.3 Å². The number of aliphatic hydroxyl groups excluding tert-OH is 1. The molecule has 11 heteroatoms. The number of β-amino-alcohol motifs (C(OH)–C–C–N with tert-alkyl or cyclic N) is 1. The molecule has 1 atom stereocenters. The van der Waals surface area contributed by atoms with Crippen LogP contribution in [-0.4, -0.2) is 55.8 Å². The summed E-state index contributed by atoms with van der Waals surface area (Å²) >= 11 is 3.47. The van der Waals surface area contributed by atoms with Gasteiger partial charge in [-0.3, -0.25) is 9.88 Å². The molecule has 3 aromatic rings. The van der Waals surface area contributed by atoms with Crippen molar-refractivity contribution in [2.75, 3.05) is 18.0 Å². The highest BCUT2D eigenvalue weighted by Gasteiger charge is 2.31. The maximum atomic E-state index is 13.9. The van der Waals surface area contributed by atoms with Crippen molar-refractivity contribution < 1.29 is 23.4 Å². The first-order valence-electron chi connectivity index (χ1n) is 11.6. The number of aliphatic hydroxyl groups is 1. The number of pyridine rings is 1. The molecule has 36 heavy (non-hydrogen) atoms. The number of likely N-dealkylation sites (tertiary alicyclic amines) is 1. The van der Waals surface area contributed by atoms with Gasteiger partial charge in [0.2, 0.25) is 0 Å². The Morgan fingerprint density at radius 2 is 2.08 bits per heavy atom. The molecule has 2 aromatic heterocycles. The minimum atomic E-state index is -2.96. The standard InChI is InChI=1S/C25H28BrF2N5O3/c1-14-17(26)6-5-7-19(14)33(24(35)36-25(2,3)4)23-20-18(30-22(31-23)21(27)28)10-15(11-29-20)12-32-9-8-16(34)13-32/h5-7,10-11,16,21,34H,8-9,12-13H2,1-4H3/t16-/m1/s1. The molecule has 0 bridgehead atoms. The molecule has 0 unspecified atom stereocenters. The van der Waals surface area contributed by atoms with Gasteiger partial charge in [-0.25, -0.2) is 28.4 Å². The number of anilines is 2. The van der Waals surface area contributed by atoms with E-state index in [1.807, 2.05) is 6.07 Å². The van der Waals surface area contributed by atoms with Gasteiger partial charge in [-0.1, -0.05) is 22.0 Å². The third-order valence-corrected chi connectivity index (χ3v) is 6.57. The van der Waals surface area contributed by atoms with E-state index in [2.05, 4.69) is 35.8 Å². The molecule has 1 aliphatic heterocycles. The van der Waals surface area contributed by atoms with E-state index in [-0.39, 0.29) is 23.0 Å². The topological polar surface area (TPSA) is 91.7 Å². The number of carbonyl (C=O) groups is 1. The van der Waals surface area contributed by atoms with Gasteiger partial charge in [-0.15, -0.1) is 0 Å². The van der Waals surface area contributed by atoms with Crippen LogP contribution in [0.3, 0.4) is 0 Å². The van der Waals surface area contributed by atoms with Gasteiger partial charge in [0.1, 0.15) is 11.1 Å². The third-order valence-electron chi connectivity index (χ3n) is 5.71.